The zero-order valence-electron chi connectivity index (χ0n) is 49.0. The summed E-state index contributed by atoms with van der Waals surface area (Å²) in [6.45, 7) is 24.2. The molecule has 17 heteroatoms. The van der Waals surface area contributed by atoms with Gasteiger partial charge in [0.15, 0.2) is 0 Å². The van der Waals surface area contributed by atoms with Crippen molar-refractivity contribution in [3.63, 3.8) is 0 Å². The van der Waals surface area contributed by atoms with Crippen LogP contribution in [0.4, 0.5) is 0 Å². The molecule has 0 saturated heterocycles. The van der Waals surface area contributed by atoms with Crippen LogP contribution in [0, 0.1) is 27.7 Å². The number of ether oxygens (including phenoxy) is 1. The first-order valence-electron chi connectivity index (χ1n) is 28.2. The Morgan fingerprint density at radius 1 is 0.361 bits per heavy atom. The molecule has 4 aliphatic heterocycles. The summed E-state index contributed by atoms with van der Waals surface area (Å²) in [6.07, 6.45) is -0.449. The van der Waals surface area contributed by atoms with E-state index in [1.165, 1.54) is 0 Å². The van der Waals surface area contributed by atoms with Gasteiger partial charge in [0.25, 0.3) is 0 Å². The van der Waals surface area contributed by atoms with Crippen molar-refractivity contribution in [2.45, 2.75) is 147 Å². The number of aromatic amines is 4. The number of rotatable bonds is 16. The summed E-state index contributed by atoms with van der Waals surface area (Å²) in [4.78, 5) is 83.4. The predicted octanol–water partition coefficient (Wildman–Crippen LogP) is 14.5. The van der Waals surface area contributed by atoms with Gasteiger partial charge in [0.05, 0.1) is 57.8 Å². The lowest BCUT2D eigenvalue weighted by Crippen LogP contribution is -2.06. The molecule has 0 radical (unpaired) electrons. The van der Waals surface area contributed by atoms with Gasteiger partial charge in [-0.2, -0.15) is 0 Å². The molecule has 17 nitrogen and oxygen atoms in total. The molecule has 6 aromatic rings. The summed E-state index contributed by atoms with van der Waals surface area (Å²) < 4.78 is 7.28. The molecule has 2 unspecified atom stereocenters. The number of hydrogen-bond acceptors (Lipinski definition) is 9. The fourth-order valence-corrected chi connectivity index (χ4v) is 12.2. The molecular formula is C66H70N8O9. The largest absolute Gasteiger partial charge is 0.481 e. The Kier molecular flexibility index (Phi) is 15.5. The first-order chi connectivity index (χ1) is 39.4. The SMILES string of the molecule is CC1=C(C)c2cc3[nH]c(cc4[nH]c(cc5nc(cc1n2)C(C)=C5CCC(=O)O)c(CCC(=O)O)c4C)c(C(C)OC(C)c1c(C)c2cc4nc(cc5[nH]c(cc6nc(cc1[nH]2)C(C)=C6CCC(=O)O)c(CCC(=O)O)c5C)C(C)=C4C)c3C. The van der Waals surface area contributed by atoms with Crippen LogP contribution in [0.3, 0.4) is 0 Å². The van der Waals surface area contributed by atoms with Crippen LogP contribution in [0.5, 0.6) is 0 Å². The number of aromatic nitrogens is 8. The zero-order valence-corrected chi connectivity index (χ0v) is 49.0. The number of nitrogens with zero attached hydrogens (tertiary/aromatic N) is 4. The first-order valence-corrected chi connectivity index (χ1v) is 28.2. The zero-order chi connectivity index (χ0) is 59.6. The van der Waals surface area contributed by atoms with E-state index in [4.69, 9.17) is 24.7 Å². The van der Waals surface area contributed by atoms with Gasteiger partial charge in [0, 0.05) is 80.9 Å². The van der Waals surface area contributed by atoms with Crippen molar-refractivity contribution in [2.24, 2.45) is 0 Å². The van der Waals surface area contributed by atoms with Gasteiger partial charge in [-0.1, -0.05) is 0 Å². The highest BCUT2D eigenvalue weighted by atomic mass is 16.5. The standard InChI is InChI=1S/C66H70N8O9/c1-29-31(3)47-23-53-37(9)65(59(73-53)25-51-35(7)43(15-19-63(79)80)57(71-51)27-55-41(13-17-61(75)76)33(5)49(69-55)21-45(29)67-47)39(11)83-40(12)66-38(10)54-24-48-32(4)30(2)46(68-48)22-50-34(6)42(14-18-62(77)78)56(70-50)28-58-44(16-20-64(81)82)36(8)52(72-58)26-60(66)74-54/h21-28,39-40,69,72-74H,13-20H2,1-12H3,(H,75,76)(H,77,78)(H,79,80)(H,81,82). The van der Waals surface area contributed by atoms with Crippen molar-refractivity contribution < 1.29 is 44.3 Å². The average molecular weight is 1120 g/mol. The highest BCUT2D eigenvalue weighted by Crippen LogP contribution is 2.42. The van der Waals surface area contributed by atoms with Crippen LogP contribution in [-0.2, 0) is 36.8 Å². The first kappa shape index (κ1) is 57.3. The number of aryl methyl sites for hydroxylation is 6. The lowest BCUT2D eigenvalue weighted by Gasteiger charge is -2.20. The second kappa shape index (κ2) is 22.4. The van der Waals surface area contributed by atoms with E-state index in [1.54, 1.807) is 0 Å². The summed E-state index contributed by atoms with van der Waals surface area (Å²) in [6, 6.07) is 15.9. The molecule has 0 saturated carbocycles. The number of carbonyl (C=O) groups is 4. The van der Waals surface area contributed by atoms with Gasteiger partial charge in [-0.25, -0.2) is 19.9 Å². The van der Waals surface area contributed by atoms with Crippen LogP contribution in [-0.4, -0.2) is 84.2 Å². The Labute approximate surface area is 480 Å². The van der Waals surface area contributed by atoms with Gasteiger partial charge in [-0.15, -0.1) is 0 Å². The minimum absolute atomic E-state index is 0.0779. The van der Waals surface area contributed by atoms with Crippen LogP contribution >= 0.6 is 0 Å². The summed E-state index contributed by atoms with van der Waals surface area (Å²) in [5, 5.41) is 39.4. The molecule has 8 N–H and O–H groups in total. The number of hydrogen-bond donors (Lipinski definition) is 8. The predicted molar refractivity (Wildman–Crippen MR) is 326 cm³/mol. The van der Waals surface area contributed by atoms with Gasteiger partial charge in [0.2, 0.25) is 0 Å². The molecular weight excluding hydrogens is 1050 g/mol. The van der Waals surface area contributed by atoms with Crippen LogP contribution in [0.25, 0.3) is 88.7 Å². The fraction of sp³-hybridized carbons (Fsp3) is 0.333. The molecule has 10 heterocycles. The molecule has 10 rings (SSSR count). The van der Waals surface area contributed by atoms with E-state index in [0.29, 0.717) is 33.8 Å². The molecule has 16 bridgehead atoms. The second-order valence-electron chi connectivity index (χ2n) is 22.5. The Morgan fingerprint density at radius 3 is 1.04 bits per heavy atom. The Bertz CT molecular complexity index is 4310. The van der Waals surface area contributed by atoms with Gasteiger partial charge < -0.3 is 45.1 Å². The van der Waals surface area contributed by atoms with Crippen molar-refractivity contribution in [3.05, 3.63) is 139 Å². The minimum atomic E-state index is -0.935. The maximum Gasteiger partial charge on any atom is 0.303 e. The minimum Gasteiger partial charge on any atom is -0.481 e. The number of carboxylic acid groups (broad SMARTS) is 4. The molecule has 0 fully saturated rings. The smallest absolute Gasteiger partial charge is 0.303 e. The fourth-order valence-electron chi connectivity index (χ4n) is 12.2. The number of aliphatic carboxylic acids is 4. The Hall–Kier alpha value is -8.96. The van der Waals surface area contributed by atoms with E-state index in [-0.39, 0.29) is 51.4 Å². The quantitative estimate of drug-likeness (QED) is 0.0448. The van der Waals surface area contributed by atoms with E-state index in [9.17, 15) is 39.6 Å². The van der Waals surface area contributed by atoms with E-state index in [1.807, 2.05) is 98.7 Å². The van der Waals surface area contributed by atoms with Crippen LogP contribution in [0.15, 0.2) is 48.5 Å². The van der Waals surface area contributed by atoms with E-state index in [2.05, 4.69) is 52.8 Å². The van der Waals surface area contributed by atoms with Gasteiger partial charge in [0.1, 0.15) is 0 Å². The number of carboxylic acids is 4. The third kappa shape index (κ3) is 11.0. The van der Waals surface area contributed by atoms with Crippen molar-refractivity contribution in [1.29, 1.82) is 0 Å². The maximum atomic E-state index is 12.1. The summed E-state index contributed by atoms with van der Waals surface area (Å²) in [5.74, 6) is -3.70. The summed E-state index contributed by atoms with van der Waals surface area (Å²) in [5.41, 5.74) is 26.1. The number of nitrogens with one attached hydrogen (secondary N) is 4. The molecule has 0 spiro atoms. The average Bonchev–Trinajstić information content (AvgIpc) is 3.21. The third-order valence-corrected chi connectivity index (χ3v) is 17.4. The van der Waals surface area contributed by atoms with E-state index >= 15 is 0 Å². The van der Waals surface area contributed by atoms with Gasteiger partial charge in [-0.05, 0) is 235 Å². The highest BCUT2D eigenvalue weighted by molar-refractivity contribution is 5.98. The third-order valence-electron chi connectivity index (χ3n) is 17.4. The topological polar surface area (TPSA) is 273 Å². The van der Waals surface area contributed by atoms with Crippen molar-refractivity contribution >= 4 is 113 Å². The van der Waals surface area contributed by atoms with E-state index in [0.717, 1.165) is 145 Å². The van der Waals surface area contributed by atoms with Gasteiger partial charge in [-0.3, -0.25) is 19.2 Å². The van der Waals surface area contributed by atoms with Crippen LogP contribution < -0.4 is 0 Å². The van der Waals surface area contributed by atoms with Gasteiger partial charge >= 0.3 is 23.9 Å². The van der Waals surface area contributed by atoms with E-state index < -0.39 is 36.1 Å². The maximum absolute atomic E-state index is 12.1. The monoisotopic (exact) mass is 1120 g/mol. The molecule has 4 aliphatic rings. The van der Waals surface area contributed by atoms with Crippen LogP contribution in [0.1, 0.15) is 196 Å². The Morgan fingerprint density at radius 2 is 0.639 bits per heavy atom. The molecule has 2 atom stereocenters. The molecule has 0 amide bonds. The normalized spacial score (nSPS) is 14.3. The summed E-state index contributed by atoms with van der Waals surface area (Å²) in [7, 11) is 0. The summed E-state index contributed by atoms with van der Waals surface area (Å²) >= 11 is 0. The number of allylic oxidation sites excluding steroid dienone is 8. The lowest BCUT2D eigenvalue weighted by molar-refractivity contribution is -0.138. The van der Waals surface area contributed by atoms with Crippen molar-refractivity contribution in [3.8, 4) is 0 Å². The van der Waals surface area contributed by atoms with Crippen molar-refractivity contribution in [1.82, 2.24) is 39.9 Å². The molecule has 83 heavy (non-hydrogen) atoms. The number of fused-ring (bicyclic) bond motifs is 16. The molecule has 428 valence electrons. The molecule has 6 aromatic heterocycles. The second-order valence-corrected chi connectivity index (χ2v) is 22.5. The molecule has 0 aliphatic carbocycles. The number of H-pyrrole nitrogens is 4. The lowest BCUT2D eigenvalue weighted by atomic mass is 10.00. The highest BCUT2D eigenvalue weighted by Gasteiger charge is 2.27. The van der Waals surface area contributed by atoms with Crippen molar-refractivity contribution in [2.75, 3.05) is 0 Å². The Balaban J connectivity index is 1.18. The molecule has 0 aromatic carbocycles. The van der Waals surface area contributed by atoms with Crippen LogP contribution in [0.2, 0.25) is 0 Å².